The van der Waals surface area contributed by atoms with E-state index in [-0.39, 0.29) is 12.3 Å². The molecule has 1 aromatic carbocycles. The molecule has 0 bridgehead atoms. The molecule has 2 heteroatoms. The van der Waals surface area contributed by atoms with Crippen molar-refractivity contribution in [3.63, 3.8) is 0 Å². The molecule has 1 rings (SSSR count). The molecule has 0 unspecified atom stereocenters. The van der Waals surface area contributed by atoms with Crippen molar-refractivity contribution in [1.82, 2.24) is 0 Å². The fourth-order valence-electron chi connectivity index (χ4n) is 0.993. The van der Waals surface area contributed by atoms with Gasteiger partial charge in [0.05, 0.1) is 6.54 Å². The molecule has 13 heavy (non-hydrogen) atoms. The lowest BCUT2D eigenvalue weighted by Crippen LogP contribution is -2.01. The topological polar surface area (TPSA) is 46.2 Å². The molecule has 0 radical (unpaired) electrons. The Balaban J connectivity index is 3.09. The van der Waals surface area contributed by atoms with Crippen LogP contribution in [0.3, 0.4) is 0 Å². The first kappa shape index (κ1) is 9.37. The summed E-state index contributed by atoms with van der Waals surface area (Å²) in [5, 5.41) is 9.20. The van der Waals surface area contributed by atoms with Gasteiger partial charge in [-0.05, 0) is 17.7 Å². The van der Waals surface area contributed by atoms with Crippen LogP contribution in [0.2, 0.25) is 0 Å². The van der Waals surface area contributed by atoms with Crippen LogP contribution in [0.15, 0.2) is 30.0 Å². The molecular weight excluding hydrogens is 162 g/mol. The van der Waals surface area contributed by atoms with Crippen molar-refractivity contribution in [1.29, 1.82) is 0 Å². The zero-order valence-electron chi connectivity index (χ0n) is 7.20. The lowest BCUT2D eigenvalue weighted by molar-refractivity contribution is 0.409. The summed E-state index contributed by atoms with van der Waals surface area (Å²) in [6.45, 7) is 0.124. The van der Waals surface area contributed by atoms with Crippen LogP contribution in [0.5, 0.6) is 0 Å². The summed E-state index contributed by atoms with van der Waals surface area (Å²) in [6, 6.07) is 7.36. The van der Waals surface area contributed by atoms with Crippen LogP contribution in [-0.4, -0.2) is 11.7 Å². The minimum Gasteiger partial charge on any atom is -0.511 e. The second-order valence-corrected chi connectivity index (χ2v) is 2.57. The van der Waals surface area contributed by atoms with Crippen molar-refractivity contribution < 1.29 is 5.11 Å². The molecule has 0 atom stereocenters. The first-order chi connectivity index (χ1) is 6.27. The molecule has 3 N–H and O–H groups in total. The summed E-state index contributed by atoms with van der Waals surface area (Å²) in [6.07, 6.45) is 6.85. The normalized spacial score (nSPS) is 10.9. The van der Waals surface area contributed by atoms with Crippen LogP contribution >= 0.6 is 0 Å². The quantitative estimate of drug-likeness (QED) is 0.526. The first-order valence-corrected chi connectivity index (χ1v) is 3.93. The van der Waals surface area contributed by atoms with Gasteiger partial charge in [-0.2, -0.15) is 0 Å². The maximum Gasteiger partial charge on any atom is 0.106 e. The standard InChI is InChI=1S/C11H11NO/c1-2-9-5-3-4-6-10(9)7-11(13)8-12/h1,3-7,13H,8,12H2/b11-7+. The number of rotatable bonds is 2. The van der Waals surface area contributed by atoms with E-state index in [1.165, 1.54) is 0 Å². The Labute approximate surface area is 77.7 Å². The van der Waals surface area contributed by atoms with Gasteiger partial charge in [0.2, 0.25) is 0 Å². The Bertz CT molecular complexity index is 361. The van der Waals surface area contributed by atoms with E-state index in [2.05, 4.69) is 5.92 Å². The Morgan fingerprint density at radius 3 is 2.85 bits per heavy atom. The number of aliphatic hydroxyl groups is 1. The highest BCUT2D eigenvalue weighted by Gasteiger charge is 1.96. The average Bonchev–Trinajstić information content (AvgIpc) is 2.18. The van der Waals surface area contributed by atoms with Gasteiger partial charge in [-0.15, -0.1) is 6.42 Å². The zero-order valence-corrected chi connectivity index (χ0v) is 7.20. The fraction of sp³-hybridized carbons (Fsp3) is 0.0909. The largest absolute Gasteiger partial charge is 0.511 e. The Morgan fingerprint density at radius 1 is 1.54 bits per heavy atom. The lowest BCUT2D eigenvalue weighted by Gasteiger charge is -1.99. The first-order valence-electron chi connectivity index (χ1n) is 3.93. The van der Waals surface area contributed by atoms with Crippen LogP contribution in [-0.2, 0) is 0 Å². The summed E-state index contributed by atoms with van der Waals surface area (Å²) in [5.74, 6) is 2.66. The Hall–Kier alpha value is -1.72. The second-order valence-electron chi connectivity index (χ2n) is 2.57. The van der Waals surface area contributed by atoms with Crippen LogP contribution in [0.25, 0.3) is 6.08 Å². The monoisotopic (exact) mass is 173 g/mol. The molecular formula is C11H11NO. The van der Waals surface area contributed by atoms with E-state index in [0.29, 0.717) is 0 Å². The molecule has 0 saturated carbocycles. The van der Waals surface area contributed by atoms with Gasteiger partial charge in [-0.3, -0.25) is 0 Å². The third-order valence-electron chi connectivity index (χ3n) is 1.65. The van der Waals surface area contributed by atoms with Gasteiger partial charge >= 0.3 is 0 Å². The molecule has 0 saturated heterocycles. The molecule has 0 aliphatic heterocycles. The fourth-order valence-corrected chi connectivity index (χ4v) is 0.993. The molecule has 0 aliphatic rings. The molecule has 66 valence electrons. The van der Waals surface area contributed by atoms with E-state index in [0.717, 1.165) is 11.1 Å². The van der Waals surface area contributed by atoms with Gasteiger partial charge in [-0.1, -0.05) is 24.1 Å². The molecule has 1 aromatic rings. The zero-order chi connectivity index (χ0) is 9.68. The van der Waals surface area contributed by atoms with Crippen molar-refractivity contribution in [2.75, 3.05) is 6.54 Å². The van der Waals surface area contributed by atoms with E-state index in [9.17, 15) is 5.11 Å². The second kappa shape index (κ2) is 4.34. The molecule has 0 amide bonds. The van der Waals surface area contributed by atoms with Gasteiger partial charge in [0.25, 0.3) is 0 Å². The predicted octanol–water partition coefficient (Wildman–Crippen LogP) is 1.53. The van der Waals surface area contributed by atoms with Crippen molar-refractivity contribution >= 4 is 6.08 Å². The number of aliphatic hydroxyl groups excluding tert-OH is 1. The number of nitrogens with two attached hydrogens (primary N) is 1. The minimum atomic E-state index is 0.124. The third-order valence-corrected chi connectivity index (χ3v) is 1.65. The van der Waals surface area contributed by atoms with Crippen molar-refractivity contribution in [3.8, 4) is 12.3 Å². The van der Waals surface area contributed by atoms with Gasteiger partial charge in [0, 0.05) is 5.56 Å². The van der Waals surface area contributed by atoms with Crippen LogP contribution in [0, 0.1) is 12.3 Å². The summed E-state index contributed by atoms with van der Waals surface area (Å²) in [4.78, 5) is 0. The third kappa shape index (κ3) is 2.36. The molecule has 2 nitrogen and oxygen atoms in total. The summed E-state index contributed by atoms with van der Waals surface area (Å²) in [7, 11) is 0. The predicted molar refractivity (Wildman–Crippen MR) is 54.0 cm³/mol. The van der Waals surface area contributed by atoms with Gasteiger partial charge < -0.3 is 10.8 Å². The molecule has 0 aliphatic carbocycles. The highest BCUT2D eigenvalue weighted by Crippen LogP contribution is 2.10. The average molecular weight is 173 g/mol. The number of hydrogen-bond acceptors (Lipinski definition) is 2. The highest BCUT2D eigenvalue weighted by molar-refractivity contribution is 5.59. The SMILES string of the molecule is C#Cc1ccccc1/C=C(/O)CN. The van der Waals surface area contributed by atoms with Crippen LogP contribution < -0.4 is 5.73 Å². The number of terminal acetylenes is 1. The van der Waals surface area contributed by atoms with E-state index < -0.39 is 0 Å². The van der Waals surface area contributed by atoms with Crippen molar-refractivity contribution in [3.05, 3.63) is 41.2 Å². The lowest BCUT2D eigenvalue weighted by atomic mass is 10.1. The highest BCUT2D eigenvalue weighted by atomic mass is 16.3. The minimum absolute atomic E-state index is 0.124. The van der Waals surface area contributed by atoms with Gasteiger partial charge in [0.15, 0.2) is 0 Å². The summed E-state index contributed by atoms with van der Waals surface area (Å²) in [5.41, 5.74) is 6.81. The maximum atomic E-state index is 9.20. The van der Waals surface area contributed by atoms with E-state index in [1.807, 2.05) is 24.3 Å². The van der Waals surface area contributed by atoms with Gasteiger partial charge in [0.1, 0.15) is 5.76 Å². The Morgan fingerprint density at radius 2 is 2.23 bits per heavy atom. The number of hydrogen-bond donors (Lipinski definition) is 2. The molecule has 0 spiro atoms. The van der Waals surface area contributed by atoms with E-state index in [1.54, 1.807) is 6.08 Å². The maximum absolute atomic E-state index is 9.20. The van der Waals surface area contributed by atoms with E-state index in [4.69, 9.17) is 12.2 Å². The van der Waals surface area contributed by atoms with Crippen molar-refractivity contribution in [2.45, 2.75) is 0 Å². The molecule has 0 aromatic heterocycles. The van der Waals surface area contributed by atoms with Gasteiger partial charge in [-0.25, -0.2) is 0 Å². The summed E-state index contributed by atoms with van der Waals surface area (Å²) < 4.78 is 0. The molecule has 0 heterocycles. The number of benzene rings is 1. The molecule has 0 fully saturated rings. The van der Waals surface area contributed by atoms with Crippen molar-refractivity contribution in [2.24, 2.45) is 5.73 Å². The Kier molecular flexibility index (Phi) is 3.13. The van der Waals surface area contributed by atoms with Crippen LogP contribution in [0.4, 0.5) is 0 Å². The smallest absolute Gasteiger partial charge is 0.106 e. The summed E-state index contributed by atoms with van der Waals surface area (Å²) >= 11 is 0. The van der Waals surface area contributed by atoms with E-state index >= 15 is 0 Å². The van der Waals surface area contributed by atoms with Crippen LogP contribution in [0.1, 0.15) is 11.1 Å².